The maximum absolute atomic E-state index is 11.1. The quantitative estimate of drug-likeness (QED) is 0.875. The van der Waals surface area contributed by atoms with E-state index in [-0.39, 0.29) is 5.92 Å². The first-order valence-corrected chi connectivity index (χ1v) is 6.94. The van der Waals surface area contributed by atoms with E-state index in [0.717, 1.165) is 42.7 Å². The lowest BCUT2D eigenvalue weighted by Gasteiger charge is -2.14. The summed E-state index contributed by atoms with van der Waals surface area (Å²) in [6.07, 6.45) is 2.82. The highest BCUT2D eigenvalue weighted by Gasteiger charge is 2.33. The zero-order valence-electron chi connectivity index (χ0n) is 9.85. The molecule has 2 aliphatic rings. The highest BCUT2D eigenvalue weighted by Crippen LogP contribution is 2.40. The van der Waals surface area contributed by atoms with Crippen LogP contribution < -0.4 is 4.90 Å². The summed E-state index contributed by atoms with van der Waals surface area (Å²) >= 11 is 1.69. The number of thiazole rings is 1. The van der Waals surface area contributed by atoms with E-state index >= 15 is 0 Å². The minimum Gasteiger partial charge on any atom is -0.481 e. The molecule has 1 aromatic heterocycles. The number of fused-ring (bicyclic) bond motifs is 1. The van der Waals surface area contributed by atoms with Crippen molar-refractivity contribution >= 4 is 22.4 Å². The van der Waals surface area contributed by atoms with E-state index in [4.69, 9.17) is 5.11 Å². The van der Waals surface area contributed by atoms with E-state index in [2.05, 4.69) is 16.8 Å². The van der Waals surface area contributed by atoms with Gasteiger partial charge in [0, 0.05) is 18.0 Å². The number of anilines is 1. The van der Waals surface area contributed by atoms with Gasteiger partial charge in [-0.3, -0.25) is 4.79 Å². The molecular formula is C12H16N2O2S. The van der Waals surface area contributed by atoms with Crippen LogP contribution in [0.25, 0.3) is 0 Å². The molecule has 1 aromatic rings. The molecule has 0 saturated carbocycles. The normalized spacial score (nSPS) is 27.5. The molecule has 3 rings (SSSR count). The maximum atomic E-state index is 11.1. The van der Waals surface area contributed by atoms with Crippen molar-refractivity contribution < 1.29 is 9.90 Å². The van der Waals surface area contributed by atoms with E-state index in [0.29, 0.717) is 0 Å². The van der Waals surface area contributed by atoms with Crippen molar-refractivity contribution in [3.05, 3.63) is 10.6 Å². The molecule has 0 bridgehead atoms. The number of aryl methyl sites for hydroxylation is 1. The Balaban J connectivity index is 1.86. The molecule has 0 radical (unpaired) electrons. The first-order chi connectivity index (χ1) is 8.15. The van der Waals surface area contributed by atoms with Crippen LogP contribution in [0, 0.1) is 5.92 Å². The summed E-state index contributed by atoms with van der Waals surface area (Å²) in [6, 6.07) is 0. The fraction of sp³-hybridized carbons (Fsp3) is 0.667. The van der Waals surface area contributed by atoms with Crippen LogP contribution in [-0.4, -0.2) is 29.1 Å². The van der Waals surface area contributed by atoms with Crippen LogP contribution >= 0.6 is 11.3 Å². The van der Waals surface area contributed by atoms with E-state index in [9.17, 15) is 4.79 Å². The summed E-state index contributed by atoms with van der Waals surface area (Å²) in [6.45, 7) is 4.37. The third-order valence-electron chi connectivity index (χ3n) is 3.70. The number of aromatic nitrogens is 1. The number of carboxylic acid groups (broad SMARTS) is 1. The van der Waals surface area contributed by atoms with Gasteiger partial charge in [-0.1, -0.05) is 6.92 Å². The molecule has 1 aliphatic heterocycles. The van der Waals surface area contributed by atoms with Crippen LogP contribution in [0.3, 0.4) is 0 Å². The molecule has 0 aromatic carbocycles. The highest BCUT2D eigenvalue weighted by molar-refractivity contribution is 7.15. The summed E-state index contributed by atoms with van der Waals surface area (Å²) < 4.78 is 0. The molecule has 92 valence electrons. The molecule has 1 saturated heterocycles. The largest absolute Gasteiger partial charge is 0.481 e. The second-order valence-corrected chi connectivity index (χ2v) is 6.14. The van der Waals surface area contributed by atoms with Crippen LogP contribution in [-0.2, 0) is 11.2 Å². The van der Waals surface area contributed by atoms with Gasteiger partial charge in [0.25, 0.3) is 0 Å². The lowest BCUT2D eigenvalue weighted by Crippen LogP contribution is -2.19. The molecule has 1 N–H and O–H groups in total. The number of hydrogen-bond donors (Lipinski definition) is 1. The first kappa shape index (κ1) is 11.0. The minimum atomic E-state index is -0.726. The smallest absolute Gasteiger partial charge is 0.312 e. The summed E-state index contributed by atoms with van der Waals surface area (Å²) in [5.41, 5.74) is 0.831. The van der Waals surface area contributed by atoms with E-state index in [1.54, 1.807) is 11.3 Å². The van der Waals surface area contributed by atoms with Gasteiger partial charge in [-0.2, -0.15) is 0 Å². The Morgan fingerprint density at radius 1 is 1.53 bits per heavy atom. The van der Waals surface area contributed by atoms with Crippen LogP contribution in [0.1, 0.15) is 36.3 Å². The fourth-order valence-corrected chi connectivity index (χ4v) is 3.87. The van der Waals surface area contributed by atoms with Gasteiger partial charge >= 0.3 is 5.97 Å². The number of hydrogen-bond acceptors (Lipinski definition) is 4. The van der Waals surface area contributed by atoms with Gasteiger partial charge in [-0.15, -0.1) is 11.3 Å². The Morgan fingerprint density at radius 3 is 3.00 bits per heavy atom. The Labute approximate surface area is 104 Å². The average molecular weight is 252 g/mol. The summed E-state index contributed by atoms with van der Waals surface area (Å²) in [4.78, 5) is 19.2. The van der Waals surface area contributed by atoms with Crippen molar-refractivity contribution in [1.82, 2.24) is 4.98 Å². The molecule has 4 nitrogen and oxygen atoms in total. The van der Waals surface area contributed by atoms with Gasteiger partial charge in [0.1, 0.15) is 5.92 Å². The molecule has 0 spiro atoms. The Kier molecular flexibility index (Phi) is 2.58. The van der Waals surface area contributed by atoms with Gasteiger partial charge in [-0.05, 0) is 25.2 Å². The lowest BCUT2D eigenvalue weighted by molar-refractivity contribution is -0.138. The highest BCUT2D eigenvalue weighted by atomic mass is 32.1. The average Bonchev–Trinajstić information content (AvgIpc) is 2.89. The number of rotatable bonds is 2. The van der Waals surface area contributed by atoms with Crippen LogP contribution in [0.2, 0.25) is 0 Å². The molecule has 2 unspecified atom stereocenters. The van der Waals surface area contributed by atoms with Crippen molar-refractivity contribution in [2.24, 2.45) is 5.92 Å². The molecule has 1 fully saturated rings. The van der Waals surface area contributed by atoms with Crippen molar-refractivity contribution in [3.8, 4) is 0 Å². The number of aliphatic carboxylic acids is 1. The summed E-state index contributed by atoms with van der Waals surface area (Å²) in [5, 5.41) is 10.2. The second kappa shape index (κ2) is 3.98. The van der Waals surface area contributed by atoms with Crippen molar-refractivity contribution in [1.29, 1.82) is 0 Å². The van der Waals surface area contributed by atoms with Gasteiger partial charge < -0.3 is 10.0 Å². The van der Waals surface area contributed by atoms with E-state index in [1.807, 2.05) is 0 Å². The standard InChI is InChI=1S/C12H16N2O2S/c1-7-4-5-14(6-7)12-13-10-8(11(15)16)2-3-9(10)17-12/h7-8H,2-6H2,1H3,(H,15,16). The van der Waals surface area contributed by atoms with Crippen molar-refractivity contribution in [3.63, 3.8) is 0 Å². The molecule has 0 amide bonds. The molecule has 2 atom stereocenters. The van der Waals surface area contributed by atoms with Gasteiger partial charge in [0.2, 0.25) is 0 Å². The van der Waals surface area contributed by atoms with Crippen LogP contribution in [0.15, 0.2) is 0 Å². The molecule has 5 heteroatoms. The van der Waals surface area contributed by atoms with Gasteiger partial charge in [0.05, 0.1) is 5.69 Å². The van der Waals surface area contributed by atoms with Crippen molar-refractivity contribution in [2.75, 3.05) is 18.0 Å². The Morgan fingerprint density at radius 2 is 2.35 bits per heavy atom. The third kappa shape index (κ3) is 1.82. The number of nitrogens with zero attached hydrogens (tertiary/aromatic N) is 2. The zero-order chi connectivity index (χ0) is 12.0. The third-order valence-corrected chi connectivity index (χ3v) is 4.89. The molecule has 17 heavy (non-hydrogen) atoms. The minimum absolute atomic E-state index is 0.366. The lowest BCUT2D eigenvalue weighted by atomic mass is 10.1. The summed E-state index contributed by atoms with van der Waals surface area (Å²) in [5.74, 6) is -0.366. The van der Waals surface area contributed by atoms with Gasteiger partial charge in [-0.25, -0.2) is 4.98 Å². The zero-order valence-corrected chi connectivity index (χ0v) is 10.7. The van der Waals surface area contributed by atoms with Crippen molar-refractivity contribution in [2.45, 2.75) is 32.1 Å². The second-order valence-electron chi connectivity index (χ2n) is 5.07. The molecule has 1 aliphatic carbocycles. The van der Waals surface area contributed by atoms with E-state index in [1.165, 1.54) is 11.3 Å². The molecular weight excluding hydrogens is 236 g/mol. The Bertz CT molecular complexity index is 457. The van der Waals surface area contributed by atoms with Gasteiger partial charge in [0.15, 0.2) is 5.13 Å². The predicted octanol–water partition coefficient (Wildman–Crippen LogP) is 2.10. The topological polar surface area (TPSA) is 53.4 Å². The Hall–Kier alpha value is -1.10. The maximum Gasteiger partial charge on any atom is 0.312 e. The fourth-order valence-electron chi connectivity index (χ4n) is 2.70. The predicted molar refractivity (Wildman–Crippen MR) is 66.8 cm³/mol. The number of carbonyl (C=O) groups is 1. The SMILES string of the molecule is CC1CCN(c2nc3c(s2)CCC3C(=O)O)C1. The first-order valence-electron chi connectivity index (χ1n) is 6.12. The van der Waals surface area contributed by atoms with E-state index < -0.39 is 5.97 Å². The summed E-state index contributed by atoms with van der Waals surface area (Å²) in [7, 11) is 0. The van der Waals surface area contributed by atoms with Crippen LogP contribution in [0.5, 0.6) is 0 Å². The number of carboxylic acids is 1. The van der Waals surface area contributed by atoms with Crippen LogP contribution in [0.4, 0.5) is 5.13 Å². The molecule has 2 heterocycles. The monoisotopic (exact) mass is 252 g/mol.